The van der Waals surface area contributed by atoms with Gasteiger partial charge in [-0.1, -0.05) is 166 Å². The first-order valence-electron chi connectivity index (χ1n) is 20.5. The Morgan fingerprint density at radius 3 is 1.51 bits per heavy atom. The number of hydrogen-bond donors (Lipinski definition) is 0. The van der Waals surface area contributed by atoms with E-state index in [9.17, 15) is 0 Å². The summed E-state index contributed by atoms with van der Waals surface area (Å²) < 4.78 is 5.40. The standard InChI is InChI=1S/C57H36S2/c1-57(2)46-21-11-9-14-37(46)45-31-35(27-28-47(45)57)53-41-18-7-5-16-39(41)52(40-17-6-8-19-42(40)53)34-25-23-33(24-26-34)44-32-51-54(38-15-4-3-13-36(38)44)56-50(59-51)30-29-49-55(56)43-20-10-12-22-48(43)58-49/h3-32H,1-2H3. The molecule has 2 heterocycles. The van der Waals surface area contributed by atoms with Gasteiger partial charge in [-0.05, 0) is 118 Å². The second kappa shape index (κ2) is 12.2. The molecular weight excluding hydrogens is 749 g/mol. The van der Waals surface area contributed by atoms with E-state index in [-0.39, 0.29) is 5.41 Å². The molecule has 0 saturated carbocycles. The molecular formula is C57H36S2. The largest absolute Gasteiger partial charge is 0.135 e. The van der Waals surface area contributed by atoms with Crippen molar-refractivity contribution >= 4 is 95.3 Å². The summed E-state index contributed by atoms with van der Waals surface area (Å²) in [5.41, 5.74) is 13.1. The van der Waals surface area contributed by atoms with Crippen molar-refractivity contribution in [3.05, 3.63) is 193 Å². The third-order valence-corrected chi connectivity index (χ3v) is 15.5. The predicted octanol–water partition coefficient (Wildman–Crippen LogP) is 17.2. The van der Waals surface area contributed by atoms with Crippen molar-refractivity contribution in [2.24, 2.45) is 0 Å². The van der Waals surface area contributed by atoms with Crippen LogP contribution in [0.15, 0.2) is 182 Å². The van der Waals surface area contributed by atoms with Crippen LogP contribution in [0.4, 0.5) is 0 Å². The van der Waals surface area contributed by atoms with Gasteiger partial charge in [-0.15, -0.1) is 22.7 Å². The van der Waals surface area contributed by atoms with E-state index in [1.165, 1.54) is 128 Å². The minimum absolute atomic E-state index is 0.0211. The second-order valence-electron chi connectivity index (χ2n) is 16.7. The van der Waals surface area contributed by atoms with Gasteiger partial charge in [-0.3, -0.25) is 0 Å². The van der Waals surface area contributed by atoms with E-state index in [1.54, 1.807) is 0 Å². The van der Waals surface area contributed by atoms with Crippen LogP contribution < -0.4 is 0 Å². The van der Waals surface area contributed by atoms with E-state index in [2.05, 4.69) is 196 Å². The molecule has 13 rings (SSSR count). The average molecular weight is 785 g/mol. The lowest BCUT2D eigenvalue weighted by Crippen LogP contribution is -2.14. The summed E-state index contributed by atoms with van der Waals surface area (Å²) in [6, 6.07) is 68.6. The SMILES string of the molecule is CC1(C)c2ccccc2-c2cc(-c3c4ccccc4c(-c4ccc(-c5cc6sc7ccc8sc9ccccc9c8c7c6c6ccccc56)cc4)c4ccccc34)ccc21. The molecule has 0 N–H and O–H groups in total. The van der Waals surface area contributed by atoms with Gasteiger partial charge in [0.15, 0.2) is 0 Å². The van der Waals surface area contributed by atoms with Gasteiger partial charge in [-0.25, -0.2) is 0 Å². The monoisotopic (exact) mass is 784 g/mol. The molecule has 276 valence electrons. The predicted molar refractivity (Wildman–Crippen MR) is 259 cm³/mol. The normalized spacial score (nSPS) is 13.4. The van der Waals surface area contributed by atoms with Gasteiger partial charge in [0.2, 0.25) is 0 Å². The van der Waals surface area contributed by atoms with E-state index in [0.717, 1.165) is 0 Å². The van der Waals surface area contributed by atoms with Crippen molar-refractivity contribution in [2.75, 3.05) is 0 Å². The third-order valence-electron chi connectivity index (χ3n) is 13.3. The minimum atomic E-state index is -0.0211. The Morgan fingerprint density at radius 1 is 0.305 bits per heavy atom. The maximum Gasteiger partial charge on any atom is 0.0368 e. The summed E-state index contributed by atoms with van der Waals surface area (Å²) in [5.74, 6) is 0. The van der Waals surface area contributed by atoms with Crippen LogP contribution in [0.3, 0.4) is 0 Å². The van der Waals surface area contributed by atoms with Crippen LogP contribution in [0, 0.1) is 0 Å². The van der Waals surface area contributed by atoms with Crippen LogP contribution in [0.25, 0.3) is 117 Å². The molecule has 12 aromatic rings. The molecule has 10 aromatic carbocycles. The number of rotatable bonds is 3. The van der Waals surface area contributed by atoms with E-state index < -0.39 is 0 Å². The molecule has 0 nitrogen and oxygen atoms in total. The smallest absolute Gasteiger partial charge is 0.0368 e. The molecule has 0 amide bonds. The number of fused-ring (bicyclic) bond motifs is 14. The van der Waals surface area contributed by atoms with Crippen molar-refractivity contribution in [3.63, 3.8) is 0 Å². The van der Waals surface area contributed by atoms with Gasteiger partial charge in [-0.2, -0.15) is 0 Å². The minimum Gasteiger partial charge on any atom is -0.135 e. The zero-order valence-electron chi connectivity index (χ0n) is 32.6. The molecule has 0 fully saturated rings. The molecule has 1 aliphatic rings. The molecule has 59 heavy (non-hydrogen) atoms. The second-order valence-corrected chi connectivity index (χ2v) is 18.9. The summed E-state index contributed by atoms with van der Waals surface area (Å²) in [7, 11) is 0. The van der Waals surface area contributed by atoms with Crippen molar-refractivity contribution < 1.29 is 0 Å². The van der Waals surface area contributed by atoms with Crippen LogP contribution in [0.1, 0.15) is 25.0 Å². The van der Waals surface area contributed by atoms with E-state index >= 15 is 0 Å². The van der Waals surface area contributed by atoms with Gasteiger partial charge in [0.25, 0.3) is 0 Å². The summed E-state index contributed by atoms with van der Waals surface area (Å²) >= 11 is 3.82. The fourth-order valence-electron chi connectivity index (χ4n) is 10.6. The number of thiophene rings is 2. The Morgan fingerprint density at radius 2 is 0.797 bits per heavy atom. The Bertz CT molecular complexity index is 3690. The van der Waals surface area contributed by atoms with Gasteiger partial charge < -0.3 is 0 Å². The quantitative estimate of drug-likeness (QED) is 0.157. The van der Waals surface area contributed by atoms with E-state index in [0.29, 0.717) is 0 Å². The molecule has 2 aromatic heterocycles. The lowest BCUT2D eigenvalue weighted by Gasteiger charge is -2.22. The van der Waals surface area contributed by atoms with Crippen LogP contribution >= 0.6 is 22.7 Å². The van der Waals surface area contributed by atoms with Crippen LogP contribution in [0.2, 0.25) is 0 Å². The molecule has 0 atom stereocenters. The lowest BCUT2D eigenvalue weighted by atomic mass is 9.81. The van der Waals surface area contributed by atoms with Gasteiger partial charge >= 0.3 is 0 Å². The molecule has 0 unspecified atom stereocenters. The highest BCUT2D eigenvalue weighted by molar-refractivity contribution is 7.28. The van der Waals surface area contributed by atoms with Gasteiger partial charge in [0.1, 0.15) is 0 Å². The summed E-state index contributed by atoms with van der Waals surface area (Å²) in [6.45, 7) is 4.72. The summed E-state index contributed by atoms with van der Waals surface area (Å²) in [5, 5.41) is 13.3. The van der Waals surface area contributed by atoms with Crippen molar-refractivity contribution in [1.82, 2.24) is 0 Å². The van der Waals surface area contributed by atoms with Crippen LogP contribution in [-0.4, -0.2) is 0 Å². The molecule has 1 aliphatic carbocycles. The highest BCUT2D eigenvalue weighted by Gasteiger charge is 2.35. The first kappa shape index (κ1) is 33.4. The molecule has 0 spiro atoms. The Kier molecular flexibility index (Phi) is 6.92. The highest BCUT2D eigenvalue weighted by Crippen LogP contribution is 2.52. The number of benzene rings is 10. The maximum absolute atomic E-state index is 2.45. The zero-order valence-corrected chi connectivity index (χ0v) is 34.3. The zero-order chi connectivity index (χ0) is 39.0. The summed E-state index contributed by atoms with van der Waals surface area (Å²) in [4.78, 5) is 0. The van der Waals surface area contributed by atoms with E-state index in [4.69, 9.17) is 0 Å². The highest BCUT2D eigenvalue weighted by atomic mass is 32.1. The van der Waals surface area contributed by atoms with E-state index in [1.807, 2.05) is 22.7 Å². The number of hydrogen-bond acceptors (Lipinski definition) is 2. The Balaban J connectivity index is 0.988. The molecule has 2 heteroatoms. The van der Waals surface area contributed by atoms with Gasteiger partial charge in [0.05, 0.1) is 0 Å². The first-order valence-corrected chi connectivity index (χ1v) is 22.1. The topological polar surface area (TPSA) is 0 Å². The fraction of sp³-hybridized carbons (Fsp3) is 0.0526. The average Bonchev–Trinajstić information content (AvgIpc) is 3.92. The van der Waals surface area contributed by atoms with Gasteiger partial charge in [0, 0.05) is 45.8 Å². The molecule has 0 bridgehead atoms. The lowest BCUT2D eigenvalue weighted by molar-refractivity contribution is 0.660. The van der Waals surface area contributed by atoms with Crippen LogP contribution in [-0.2, 0) is 5.41 Å². The van der Waals surface area contributed by atoms with Crippen molar-refractivity contribution in [3.8, 4) is 44.5 Å². The third kappa shape index (κ3) is 4.65. The van der Waals surface area contributed by atoms with Crippen LogP contribution in [0.5, 0.6) is 0 Å². The summed E-state index contributed by atoms with van der Waals surface area (Å²) in [6.07, 6.45) is 0. The fourth-order valence-corrected chi connectivity index (χ4v) is 12.9. The molecule has 0 radical (unpaired) electrons. The maximum atomic E-state index is 2.45. The molecule has 0 saturated heterocycles. The molecule has 0 aliphatic heterocycles. The Hall–Kier alpha value is -6.58. The van der Waals surface area contributed by atoms with Crippen molar-refractivity contribution in [1.29, 1.82) is 0 Å². The Labute approximate surface area is 350 Å². The van der Waals surface area contributed by atoms with Crippen molar-refractivity contribution in [2.45, 2.75) is 19.3 Å². The first-order chi connectivity index (χ1) is 29.0.